The summed E-state index contributed by atoms with van der Waals surface area (Å²) in [7, 11) is 0. The van der Waals surface area contributed by atoms with Crippen LogP contribution in [0.25, 0.3) is 0 Å². The number of hydrogen-bond acceptors (Lipinski definition) is 4. The fraction of sp³-hybridized carbons (Fsp3) is 0.462. The highest BCUT2D eigenvalue weighted by atomic mass is 16.6. The molecule has 0 N–H and O–H groups in total. The molecule has 1 aromatic heterocycles. The van der Waals surface area contributed by atoms with E-state index in [2.05, 4.69) is 0 Å². The molecule has 0 saturated carbocycles. The van der Waals surface area contributed by atoms with Crippen LogP contribution < -0.4 is 0 Å². The number of ether oxygens (including phenoxy) is 1. The van der Waals surface area contributed by atoms with E-state index < -0.39 is 6.09 Å². The lowest BCUT2D eigenvalue weighted by molar-refractivity contribution is -0.128. The fourth-order valence-electron chi connectivity index (χ4n) is 2.00. The van der Waals surface area contributed by atoms with Crippen molar-refractivity contribution in [3.8, 4) is 0 Å². The largest absolute Gasteiger partial charge is 0.447 e. The predicted molar refractivity (Wildman–Crippen MR) is 66.5 cm³/mol. The van der Waals surface area contributed by atoms with E-state index in [1.165, 1.54) is 4.57 Å². The zero-order valence-electron chi connectivity index (χ0n) is 10.7. The van der Waals surface area contributed by atoms with Gasteiger partial charge in [-0.2, -0.15) is 0 Å². The van der Waals surface area contributed by atoms with Gasteiger partial charge in [0, 0.05) is 25.2 Å². The smallest absolute Gasteiger partial charge is 0.416 e. The van der Waals surface area contributed by atoms with Crippen LogP contribution in [-0.4, -0.2) is 40.5 Å². The summed E-state index contributed by atoms with van der Waals surface area (Å²) in [4.78, 5) is 36.0. The van der Waals surface area contributed by atoms with Gasteiger partial charge >= 0.3 is 6.09 Å². The number of nitrogens with zero attached hydrogens (tertiary/aromatic N) is 2. The highest BCUT2D eigenvalue weighted by Crippen LogP contribution is 2.14. The number of carbonyl (C=O) groups is 3. The first kappa shape index (κ1) is 13.3. The fourth-order valence-corrected chi connectivity index (χ4v) is 2.00. The summed E-state index contributed by atoms with van der Waals surface area (Å²) >= 11 is 0. The van der Waals surface area contributed by atoms with E-state index in [0.29, 0.717) is 6.54 Å². The molecule has 19 heavy (non-hydrogen) atoms. The Labute approximate surface area is 110 Å². The maximum absolute atomic E-state index is 11.8. The average Bonchev–Trinajstić information content (AvgIpc) is 2.98. The number of carbonyl (C=O) groups excluding carboxylic acids is 3. The highest BCUT2D eigenvalue weighted by molar-refractivity contribution is 5.93. The molecule has 1 saturated heterocycles. The number of amides is 2. The average molecular weight is 264 g/mol. The van der Waals surface area contributed by atoms with Crippen LogP contribution in [-0.2, 0) is 9.53 Å². The molecule has 1 fully saturated rings. The van der Waals surface area contributed by atoms with Gasteiger partial charge in [0.15, 0.2) is 0 Å². The third-order valence-electron chi connectivity index (χ3n) is 3.00. The van der Waals surface area contributed by atoms with Crippen molar-refractivity contribution >= 4 is 17.9 Å². The summed E-state index contributed by atoms with van der Waals surface area (Å²) in [6, 6.07) is 3.54. The topological polar surface area (TPSA) is 68.6 Å². The van der Waals surface area contributed by atoms with Gasteiger partial charge in [0.05, 0.1) is 6.54 Å². The Morgan fingerprint density at radius 3 is 2.47 bits per heavy atom. The maximum atomic E-state index is 11.8. The van der Waals surface area contributed by atoms with Crippen LogP contribution in [0.5, 0.6) is 0 Å². The SMILES string of the molecule is C[C@H](CC(=O)N1CCOC1=O)CC(=O)n1cccc1. The summed E-state index contributed by atoms with van der Waals surface area (Å²) in [6.07, 6.45) is 3.20. The van der Waals surface area contributed by atoms with Crippen molar-refractivity contribution in [3.05, 3.63) is 24.5 Å². The van der Waals surface area contributed by atoms with Gasteiger partial charge in [-0.1, -0.05) is 6.92 Å². The van der Waals surface area contributed by atoms with Gasteiger partial charge in [-0.25, -0.2) is 9.69 Å². The van der Waals surface area contributed by atoms with Crippen LogP contribution in [0.3, 0.4) is 0 Å². The van der Waals surface area contributed by atoms with Crippen molar-refractivity contribution in [1.82, 2.24) is 9.47 Å². The van der Waals surface area contributed by atoms with Gasteiger partial charge in [-0.05, 0) is 18.1 Å². The molecular formula is C13H16N2O4. The Morgan fingerprint density at radius 2 is 1.89 bits per heavy atom. The molecule has 1 aromatic rings. The van der Waals surface area contributed by atoms with E-state index in [0.717, 1.165) is 4.90 Å². The van der Waals surface area contributed by atoms with Crippen LogP contribution in [0.4, 0.5) is 4.79 Å². The Morgan fingerprint density at radius 1 is 1.26 bits per heavy atom. The minimum Gasteiger partial charge on any atom is -0.447 e. The van der Waals surface area contributed by atoms with Gasteiger partial charge in [-0.15, -0.1) is 0 Å². The number of rotatable bonds is 4. The molecule has 0 aromatic carbocycles. The second kappa shape index (κ2) is 5.69. The molecule has 6 heteroatoms. The van der Waals surface area contributed by atoms with Gasteiger partial charge in [0.25, 0.3) is 0 Å². The van der Waals surface area contributed by atoms with Crippen LogP contribution in [0.2, 0.25) is 0 Å². The van der Waals surface area contributed by atoms with Crippen molar-refractivity contribution in [2.24, 2.45) is 5.92 Å². The van der Waals surface area contributed by atoms with Gasteiger partial charge in [0.2, 0.25) is 11.8 Å². The van der Waals surface area contributed by atoms with Crippen molar-refractivity contribution < 1.29 is 19.1 Å². The second-order valence-corrected chi connectivity index (χ2v) is 4.66. The molecule has 2 rings (SSSR count). The Bertz CT molecular complexity index is 481. The van der Waals surface area contributed by atoms with Crippen molar-refractivity contribution in [2.75, 3.05) is 13.2 Å². The summed E-state index contributed by atoms with van der Waals surface area (Å²) in [5.41, 5.74) is 0. The summed E-state index contributed by atoms with van der Waals surface area (Å²) in [6.45, 7) is 2.37. The molecule has 1 aliphatic rings. The van der Waals surface area contributed by atoms with E-state index in [9.17, 15) is 14.4 Å². The third kappa shape index (κ3) is 3.21. The first-order valence-electron chi connectivity index (χ1n) is 6.21. The van der Waals surface area contributed by atoms with Gasteiger partial charge < -0.3 is 4.74 Å². The molecule has 1 atom stereocenters. The van der Waals surface area contributed by atoms with Crippen LogP contribution in [0, 0.1) is 5.92 Å². The predicted octanol–water partition coefficient (Wildman–Crippen LogP) is 1.52. The lowest BCUT2D eigenvalue weighted by atomic mass is 10.0. The van der Waals surface area contributed by atoms with Crippen LogP contribution in [0.15, 0.2) is 24.5 Å². The molecule has 0 unspecified atom stereocenters. The van der Waals surface area contributed by atoms with E-state index in [-0.39, 0.29) is 37.2 Å². The standard InChI is InChI=1S/C13H16N2O4/c1-10(8-11(16)14-4-2-3-5-14)9-12(17)15-6-7-19-13(15)18/h2-5,10H,6-9H2,1H3/t10-/m0/s1. The Hall–Kier alpha value is -2.11. The lowest BCUT2D eigenvalue weighted by Gasteiger charge is -2.14. The van der Waals surface area contributed by atoms with E-state index >= 15 is 0 Å². The molecular weight excluding hydrogens is 248 g/mol. The molecule has 2 amide bonds. The highest BCUT2D eigenvalue weighted by Gasteiger charge is 2.29. The minimum absolute atomic E-state index is 0.0608. The number of cyclic esters (lactones) is 1. The molecule has 6 nitrogen and oxygen atoms in total. The normalized spacial score (nSPS) is 16.3. The van der Waals surface area contributed by atoms with Crippen molar-refractivity contribution in [2.45, 2.75) is 19.8 Å². The summed E-state index contributed by atoms with van der Waals surface area (Å²) in [5.74, 6) is -0.458. The van der Waals surface area contributed by atoms with Crippen molar-refractivity contribution in [3.63, 3.8) is 0 Å². The van der Waals surface area contributed by atoms with Gasteiger partial charge in [-0.3, -0.25) is 14.2 Å². The first-order valence-corrected chi connectivity index (χ1v) is 6.21. The van der Waals surface area contributed by atoms with Crippen LogP contribution >= 0.6 is 0 Å². The van der Waals surface area contributed by atoms with Crippen molar-refractivity contribution in [1.29, 1.82) is 0 Å². The van der Waals surface area contributed by atoms with Crippen LogP contribution in [0.1, 0.15) is 24.6 Å². The molecule has 0 aliphatic carbocycles. The second-order valence-electron chi connectivity index (χ2n) is 4.66. The molecule has 0 radical (unpaired) electrons. The number of aromatic nitrogens is 1. The molecule has 0 bridgehead atoms. The zero-order chi connectivity index (χ0) is 13.8. The lowest BCUT2D eigenvalue weighted by Crippen LogP contribution is -2.33. The molecule has 102 valence electrons. The van der Waals surface area contributed by atoms with E-state index in [4.69, 9.17) is 4.74 Å². The summed E-state index contributed by atoms with van der Waals surface area (Å²) in [5, 5.41) is 0. The summed E-state index contributed by atoms with van der Waals surface area (Å²) < 4.78 is 6.19. The molecule has 2 heterocycles. The van der Waals surface area contributed by atoms with E-state index in [1.807, 2.05) is 6.92 Å². The Balaban J connectivity index is 1.84. The zero-order valence-corrected chi connectivity index (χ0v) is 10.7. The number of hydrogen-bond donors (Lipinski definition) is 0. The first-order chi connectivity index (χ1) is 9.08. The van der Waals surface area contributed by atoms with E-state index in [1.54, 1.807) is 24.5 Å². The minimum atomic E-state index is -0.589. The maximum Gasteiger partial charge on any atom is 0.416 e. The quantitative estimate of drug-likeness (QED) is 0.826. The van der Waals surface area contributed by atoms with Gasteiger partial charge in [0.1, 0.15) is 6.61 Å². The number of imide groups is 1. The molecule has 1 aliphatic heterocycles. The Kier molecular flexibility index (Phi) is 3.99. The monoisotopic (exact) mass is 264 g/mol. The molecule has 0 spiro atoms. The third-order valence-corrected chi connectivity index (χ3v) is 3.00.